The summed E-state index contributed by atoms with van der Waals surface area (Å²) in [4.78, 5) is 2.34. The number of halogens is 5. The summed E-state index contributed by atoms with van der Waals surface area (Å²) in [5.41, 5.74) is 3.39. The van der Waals surface area contributed by atoms with Gasteiger partial charge in [-0.2, -0.15) is 0 Å². The number of hydrogen-bond donors (Lipinski definition) is 0. The topological polar surface area (TPSA) is 43.2 Å². The Morgan fingerprint density at radius 3 is 2.61 bits per heavy atom. The van der Waals surface area contributed by atoms with Crippen LogP contribution in [0.25, 0.3) is 11.3 Å². The quantitative estimate of drug-likeness (QED) is 0.220. The molecule has 36 heavy (non-hydrogen) atoms. The zero-order valence-corrected chi connectivity index (χ0v) is 22.8. The lowest BCUT2D eigenvalue weighted by molar-refractivity contribution is 0.307. The second kappa shape index (κ2) is 11.2. The molecule has 0 radical (unpaired) electrons. The first kappa shape index (κ1) is 25.7. The van der Waals surface area contributed by atoms with E-state index in [1.165, 1.54) is 0 Å². The summed E-state index contributed by atoms with van der Waals surface area (Å²) in [6.07, 6.45) is 2.90. The molecule has 2 heterocycles. The van der Waals surface area contributed by atoms with Crippen LogP contribution in [0.2, 0.25) is 25.1 Å². The Bertz CT molecular complexity index is 1390. The van der Waals surface area contributed by atoms with Gasteiger partial charge in [0.15, 0.2) is 0 Å². The lowest BCUT2D eigenvalue weighted by Gasteiger charge is -2.17. The lowest BCUT2D eigenvalue weighted by Crippen LogP contribution is -2.21. The van der Waals surface area contributed by atoms with E-state index >= 15 is 0 Å². The highest BCUT2D eigenvalue weighted by molar-refractivity contribution is 6.42. The molecule has 1 atom stereocenters. The third-order valence-electron chi connectivity index (χ3n) is 6.15. The van der Waals surface area contributed by atoms with E-state index in [0.717, 1.165) is 42.7 Å². The number of nitrogens with zero attached hydrogens (tertiary/aromatic N) is 4. The summed E-state index contributed by atoms with van der Waals surface area (Å²) < 4.78 is 8.01. The smallest absolute Gasteiger partial charge is 0.129 e. The highest BCUT2D eigenvalue weighted by Gasteiger charge is 2.26. The first-order chi connectivity index (χ1) is 17.4. The summed E-state index contributed by atoms with van der Waals surface area (Å²) in [5.74, 6) is 0.654. The van der Waals surface area contributed by atoms with Gasteiger partial charge in [0.1, 0.15) is 18.1 Å². The van der Waals surface area contributed by atoms with Crippen LogP contribution in [0.4, 0.5) is 0 Å². The van der Waals surface area contributed by atoms with Crippen molar-refractivity contribution in [2.75, 3.05) is 13.1 Å². The van der Waals surface area contributed by atoms with Crippen LogP contribution in [0, 0.1) is 0 Å². The number of likely N-dealkylation sites (tertiary alicyclic amines) is 1. The molecule has 0 saturated carbocycles. The summed E-state index contributed by atoms with van der Waals surface area (Å²) in [7, 11) is 0. The molecule has 1 saturated heterocycles. The highest BCUT2D eigenvalue weighted by Crippen LogP contribution is 2.34. The Morgan fingerprint density at radius 2 is 1.78 bits per heavy atom. The van der Waals surface area contributed by atoms with Crippen molar-refractivity contribution in [2.24, 2.45) is 0 Å². The van der Waals surface area contributed by atoms with Gasteiger partial charge in [-0.3, -0.25) is 4.90 Å². The van der Waals surface area contributed by atoms with Gasteiger partial charge >= 0.3 is 0 Å². The molecular weight excluding hydrogens is 562 g/mol. The molecule has 1 unspecified atom stereocenters. The van der Waals surface area contributed by atoms with E-state index in [1.807, 2.05) is 41.2 Å². The van der Waals surface area contributed by atoms with E-state index in [0.29, 0.717) is 43.2 Å². The second-order valence-electron chi connectivity index (χ2n) is 8.65. The van der Waals surface area contributed by atoms with E-state index < -0.39 is 0 Å². The van der Waals surface area contributed by atoms with Crippen molar-refractivity contribution in [2.45, 2.75) is 25.6 Å². The minimum atomic E-state index is 0.198. The van der Waals surface area contributed by atoms with Gasteiger partial charge in [-0.05, 0) is 53.9 Å². The minimum Gasteiger partial charge on any atom is -0.488 e. The monoisotopic (exact) mass is 580 g/mol. The van der Waals surface area contributed by atoms with Crippen molar-refractivity contribution in [1.82, 2.24) is 19.9 Å². The molecule has 0 aliphatic carbocycles. The van der Waals surface area contributed by atoms with Gasteiger partial charge in [0.2, 0.25) is 0 Å². The molecule has 5 nitrogen and oxygen atoms in total. The molecule has 3 aromatic carbocycles. The Balaban J connectivity index is 1.29. The predicted molar refractivity (Wildman–Crippen MR) is 147 cm³/mol. The lowest BCUT2D eigenvalue weighted by atomic mass is 10.1. The summed E-state index contributed by atoms with van der Waals surface area (Å²) >= 11 is 31.0. The van der Waals surface area contributed by atoms with Crippen LogP contribution in [0.3, 0.4) is 0 Å². The number of hydrogen-bond acceptors (Lipinski definition) is 4. The van der Waals surface area contributed by atoms with E-state index in [1.54, 1.807) is 24.3 Å². The molecule has 0 bridgehead atoms. The molecule has 0 spiro atoms. The highest BCUT2D eigenvalue weighted by atomic mass is 35.5. The van der Waals surface area contributed by atoms with Crippen LogP contribution < -0.4 is 4.74 Å². The Labute approximate surface area is 234 Å². The molecule has 186 valence electrons. The summed E-state index contributed by atoms with van der Waals surface area (Å²) in [5, 5.41) is 11.6. The van der Waals surface area contributed by atoms with Gasteiger partial charge in [-0.1, -0.05) is 81.4 Å². The van der Waals surface area contributed by atoms with Crippen molar-refractivity contribution in [3.63, 3.8) is 0 Å². The van der Waals surface area contributed by atoms with E-state index in [-0.39, 0.29) is 6.04 Å². The largest absolute Gasteiger partial charge is 0.488 e. The Hall–Kier alpha value is -1.99. The van der Waals surface area contributed by atoms with Crippen molar-refractivity contribution in [3.05, 3.63) is 97.0 Å². The average molecular weight is 583 g/mol. The first-order valence-electron chi connectivity index (χ1n) is 11.3. The second-order valence-corrected chi connectivity index (χ2v) is 10.7. The molecule has 0 amide bonds. The van der Waals surface area contributed by atoms with Crippen LogP contribution >= 0.6 is 58.0 Å². The minimum absolute atomic E-state index is 0.198. The molecule has 0 N–H and O–H groups in total. The fraction of sp³-hybridized carbons (Fsp3) is 0.231. The van der Waals surface area contributed by atoms with E-state index in [9.17, 15) is 0 Å². The molecule has 1 aromatic heterocycles. The zero-order chi connectivity index (χ0) is 25.2. The molecule has 1 fully saturated rings. The number of ether oxygens (including phenoxy) is 1. The number of benzene rings is 3. The fourth-order valence-corrected chi connectivity index (χ4v) is 5.15. The molecule has 1 aliphatic heterocycles. The van der Waals surface area contributed by atoms with Crippen LogP contribution in [0.5, 0.6) is 5.75 Å². The van der Waals surface area contributed by atoms with Crippen molar-refractivity contribution < 1.29 is 4.74 Å². The number of aromatic nitrogens is 3. The van der Waals surface area contributed by atoms with Crippen LogP contribution in [0.1, 0.15) is 23.6 Å². The molecule has 5 rings (SSSR count). The first-order valence-corrected chi connectivity index (χ1v) is 13.2. The van der Waals surface area contributed by atoms with Gasteiger partial charge in [-0.25, -0.2) is 4.68 Å². The van der Waals surface area contributed by atoms with Crippen LogP contribution in [-0.2, 0) is 13.2 Å². The summed E-state index contributed by atoms with van der Waals surface area (Å²) in [6.45, 7) is 2.82. The van der Waals surface area contributed by atoms with E-state index in [4.69, 9.17) is 62.7 Å². The maximum atomic E-state index is 6.38. The summed E-state index contributed by atoms with van der Waals surface area (Å²) in [6, 6.07) is 16.8. The Kier molecular flexibility index (Phi) is 7.96. The fourth-order valence-electron chi connectivity index (χ4n) is 4.28. The molecule has 4 aromatic rings. The zero-order valence-electron chi connectivity index (χ0n) is 19.0. The van der Waals surface area contributed by atoms with Gasteiger partial charge < -0.3 is 4.74 Å². The van der Waals surface area contributed by atoms with Crippen molar-refractivity contribution in [3.8, 4) is 17.0 Å². The van der Waals surface area contributed by atoms with Crippen LogP contribution in [-0.4, -0.2) is 33.0 Å². The van der Waals surface area contributed by atoms with Gasteiger partial charge in [0.05, 0.1) is 32.3 Å². The third kappa shape index (κ3) is 5.77. The molecule has 10 heteroatoms. The normalized spacial score (nSPS) is 16.0. The maximum Gasteiger partial charge on any atom is 0.129 e. The van der Waals surface area contributed by atoms with Gasteiger partial charge in [0, 0.05) is 30.2 Å². The molecule has 1 aliphatic rings. The molecular formula is C26H21Cl5N4O. The average Bonchev–Trinajstić information content (AvgIpc) is 3.53. The number of rotatable bonds is 7. The standard InChI is InChI=1S/C26H21Cl5N4O/c27-18-5-7-25(36-15-16-4-6-21(28)23(30)10-16)20(11-18)24-14-35(33-32-24)19-8-9-34(13-19)12-17-2-1-3-22(29)26(17)31/h1-7,10-11,14,19H,8-9,12-13,15H2. The van der Waals surface area contributed by atoms with Crippen LogP contribution in [0.15, 0.2) is 60.8 Å². The van der Waals surface area contributed by atoms with Crippen molar-refractivity contribution >= 4 is 58.0 Å². The SMILES string of the molecule is Clc1ccc(OCc2ccc(Cl)c(Cl)c2)c(-c2cn(C3CCN(Cc4cccc(Cl)c4Cl)C3)nn2)c1. The van der Waals surface area contributed by atoms with Gasteiger partial charge in [-0.15, -0.1) is 5.10 Å². The van der Waals surface area contributed by atoms with E-state index in [2.05, 4.69) is 15.2 Å². The Morgan fingerprint density at radius 1 is 0.917 bits per heavy atom. The van der Waals surface area contributed by atoms with Crippen molar-refractivity contribution in [1.29, 1.82) is 0 Å². The maximum absolute atomic E-state index is 6.38. The van der Waals surface area contributed by atoms with Gasteiger partial charge in [0.25, 0.3) is 0 Å². The third-order valence-corrected chi connectivity index (χ3v) is 7.99. The predicted octanol–water partition coefficient (Wildman–Crippen LogP) is 8.24.